The zero-order valence-electron chi connectivity index (χ0n) is 19.9. The lowest BCUT2D eigenvalue weighted by atomic mass is 9.91. The lowest BCUT2D eigenvalue weighted by Gasteiger charge is -2.20. The first-order chi connectivity index (χ1) is 16.9. The Bertz CT molecular complexity index is 1240. The molecule has 3 rings (SSSR count). The normalized spacial score (nSPS) is 10.5. The number of carboxylic acid groups (broad SMARTS) is 1. The Hall–Kier alpha value is -2.51. The van der Waals surface area contributed by atoms with Crippen LogP contribution in [0.1, 0.15) is 41.3 Å². The lowest BCUT2D eigenvalue weighted by molar-refractivity contribution is -0.135. The fraction of sp³-hybridized carbons (Fsp3) is 0.231. The summed E-state index contributed by atoms with van der Waals surface area (Å²) in [4.78, 5) is 21.7. The summed E-state index contributed by atoms with van der Waals surface area (Å²) in [7, 11) is 1.62. The molecule has 0 unspecified atom stereocenters. The molecule has 3 aromatic rings. The molecule has 0 aliphatic heterocycles. The van der Waals surface area contributed by atoms with Gasteiger partial charge in [0, 0.05) is 16.7 Å². The third-order valence-corrected chi connectivity index (χ3v) is 6.29. The van der Waals surface area contributed by atoms with Crippen molar-refractivity contribution in [2.75, 3.05) is 13.7 Å². The largest absolute Gasteiger partial charge is 0.496 e. The molecular weight excluding hydrogens is 551 g/mol. The van der Waals surface area contributed by atoms with E-state index in [0.717, 1.165) is 22.4 Å². The number of amides is 1. The summed E-state index contributed by atoms with van der Waals surface area (Å²) >= 11 is 23.9. The van der Waals surface area contributed by atoms with Crippen LogP contribution in [0.25, 0.3) is 11.1 Å². The number of carboxylic acids is 1. The SMILES string of the molecule is COc1c(-c2c(Cl)cc(F)cc2Cl)ccc(C)c1C(C)C.O=C(O)CNC(=O)c1c(Cl)cccc1Cl. The summed E-state index contributed by atoms with van der Waals surface area (Å²) in [6.45, 7) is 5.76. The highest BCUT2D eigenvalue weighted by Gasteiger charge is 2.20. The smallest absolute Gasteiger partial charge is 0.322 e. The fourth-order valence-electron chi connectivity index (χ4n) is 3.59. The maximum Gasteiger partial charge on any atom is 0.322 e. The van der Waals surface area contributed by atoms with Gasteiger partial charge in [0.2, 0.25) is 0 Å². The molecule has 0 atom stereocenters. The van der Waals surface area contributed by atoms with Gasteiger partial charge in [0.25, 0.3) is 5.91 Å². The van der Waals surface area contributed by atoms with E-state index in [2.05, 4.69) is 19.2 Å². The van der Waals surface area contributed by atoms with Gasteiger partial charge in [-0.1, -0.05) is 78.5 Å². The Balaban J connectivity index is 0.000000269. The molecule has 2 N–H and O–H groups in total. The second-order valence-corrected chi connectivity index (χ2v) is 9.58. The van der Waals surface area contributed by atoms with Crippen molar-refractivity contribution in [3.05, 3.63) is 85.1 Å². The van der Waals surface area contributed by atoms with Crippen LogP contribution in [0.2, 0.25) is 20.1 Å². The predicted octanol–water partition coefficient (Wildman–Crippen LogP) is 8.05. The Labute approximate surface area is 229 Å². The highest BCUT2D eigenvalue weighted by molar-refractivity contribution is 6.40. The minimum Gasteiger partial charge on any atom is -0.496 e. The number of nitrogens with one attached hydrogen (secondary N) is 1. The summed E-state index contributed by atoms with van der Waals surface area (Å²) in [5.41, 5.74) is 3.70. The Morgan fingerprint density at radius 1 is 1.00 bits per heavy atom. The number of rotatable bonds is 6. The number of aliphatic carboxylic acids is 1. The summed E-state index contributed by atoms with van der Waals surface area (Å²) in [6.07, 6.45) is 0. The van der Waals surface area contributed by atoms with Gasteiger partial charge in [0.1, 0.15) is 18.1 Å². The van der Waals surface area contributed by atoms with E-state index < -0.39 is 24.2 Å². The molecule has 36 heavy (non-hydrogen) atoms. The second-order valence-electron chi connectivity index (χ2n) is 7.95. The molecule has 0 fully saturated rings. The zero-order chi connectivity index (χ0) is 27.2. The first kappa shape index (κ1) is 29.7. The predicted molar refractivity (Wildman–Crippen MR) is 144 cm³/mol. The number of hydrogen-bond donors (Lipinski definition) is 2. The van der Waals surface area contributed by atoms with Crippen molar-refractivity contribution in [1.29, 1.82) is 0 Å². The Morgan fingerprint density at radius 2 is 1.56 bits per heavy atom. The number of benzene rings is 3. The van der Waals surface area contributed by atoms with Crippen LogP contribution in [0, 0.1) is 12.7 Å². The first-order valence-electron chi connectivity index (χ1n) is 10.6. The van der Waals surface area contributed by atoms with Gasteiger partial charge in [-0.2, -0.15) is 0 Å². The molecule has 0 saturated heterocycles. The minimum atomic E-state index is -1.13. The lowest BCUT2D eigenvalue weighted by Crippen LogP contribution is -2.29. The van der Waals surface area contributed by atoms with Crippen LogP contribution < -0.4 is 10.1 Å². The molecule has 5 nitrogen and oxygen atoms in total. The van der Waals surface area contributed by atoms with Crippen molar-refractivity contribution in [3.63, 3.8) is 0 Å². The van der Waals surface area contributed by atoms with Gasteiger partial charge in [-0.25, -0.2) is 4.39 Å². The van der Waals surface area contributed by atoms with Crippen LogP contribution in [-0.2, 0) is 4.79 Å². The van der Waals surface area contributed by atoms with Gasteiger partial charge < -0.3 is 15.2 Å². The van der Waals surface area contributed by atoms with E-state index in [1.165, 1.54) is 24.3 Å². The van der Waals surface area contributed by atoms with Crippen LogP contribution in [0.15, 0.2) is 42.5 Å². The average molecular weight is 575 g/mol. The van der Waals surface area contributed by atoms with Crippen LogP contribution in [0.3, 0.4) is 0 Å². The molecule has 3 aromatic carbocycles. The molecule has 0 aliphatic carbocycles. The van der Waals surface area contributed by atoms with Crippen LogP contribution >= 0.6 is 46.4 Å². The standard InChI is InChI=1S/C17H17Cl2FO.C9H7Cl2NO3/c1-9(2)15-10(3)5-6-12(17(15)21-4)16-13(18)7-11(20)8-14(16)19;10-5-2-1-3-6(11)8(5)9(15)12-4-7(13)14/h5-9H,1-4H3;1-3H,4H2,(H,12,15)(H,13,14). The molecule has 0 saturated carbocycles. The fourth-order valence-corrected chi connectivity index (χ4v) is 4.82. The van der Waals surface area contributed by atoms with Gasteiger partial charge >= 0.3 is 5.97 Å². The van der Waals surface area contributed by atoms with E-state index in [1.807, 2.05) is 19.1 Å². The molecule has 0 radical (unpaired) electrons. The minimum absolute atomic E-state index is 0.0853. The van der Waals surface area contributed by atoms with Gasteiger partial charge in [0.05, 0.1) is 32.8 Å². The van der Waals surface area contributed by atoms with Crippen LogP contribution in [0.5, 0.6) is 5.75 Å². The average Bonchev–Trinajstić information content (AvgIpc) is 2.77. The maximum absolute atomic E-state index is 13.4. The van der Waals surface area contributed by atoms with E-state index in [0.29, 0.717) is 5.56 Å². The third kappa shape index (κ3) is 7.26. The number of ether oxygens (including phenoxy) is 1. The molecule has 1 amide bonds. The number of carbonyl (C=O) groups excluding carboxylic acids is 1. The van der Waals surface area contributed by atoms with Crippen molar-refractivity contribution < 1.29 is 23.8 Å². The summed E-state index contributed by atoms with van der Waals surface area (Å²) in [5, 5.41) is 11.5. The summed E-state index contributed by atoms with van der Waals surface area (Å²) in [6, 6.07) is 11.0. The number of halogens is 5. The Morgan fingerprint density at radius 3 is 2.03 bits per heavy atom. The number of hydrogen-bond acceptors (Lipinski definition) is 3. The molecule has 0 aliphatic rings. The molecule has 0 bridgehead atoms. The molecule has 192 valence electrons. The first-order valence-corrected chi connectivity index (χ1v) is 12.2. The number of carbonyl (C=O) groups is 2. The van der Waals surface area contributed by atoms with E-state index in [-0.39, 0.29) is 31.6 Å². The quantitative estimate of drug-likeness (QED) is 0.312. The highest BCUT2D eigenvalue weighted by atomic mass is 35.5. The topological polar surface area (TPSA) is 75.6 Å². The van der Waals surface area contributed by atoms with Crippen LogP contribution in [0.4, 0.5) is 4.39 Å². The second kappa shape index (κ2) is 13.2. The van der Waals surface area contributed by atoms with E-state index >= 15 is 0 Å². The molecule has 0 spiro atoms. The summed E-state index contributed by atoms with van der Waals surface area (Å²) in [5.74, 6) is -1.17. The zero-order valence-corrected chi connectivity index (χ0v) is 22.9. The summed E-state index contributed by atoms with van der Waals surface area (Å²) < 4.78 is 19.0. The monoisotopic (exact) mass is 573 g/mol. The molecule has 0 heterocycles. The van der Waals surface area contributed by atoms with E-state index in [1.54, 1.807) is 13.2 Å². The molecule has 0 aromatic heterocycles. The van der Waals surface area contributed by atoms with Gasteiger partial charge in [-0.05, 0) is 42.7 Å². The van der Waals surface area contributed by atoms with Crippen molar-refractivity contribution in [2.45, 2.75) is 26.7 Å². The highest BCUT2D eigenvalue weighted by Crippen LogP contribution is 2.44. The van der Waals surface area contributed by atoms with E-state index in [9.17, 15) is 14.0 Å². The number of aryl methyl sites for hydroxylation is 1. The van der Waals surface area contributed by atoms with Gasteiger partial charge in [0.15, 0.2) is 0 Å². The third-order valence-electron chi connectivity index (χ3n) is 5.06. The van der Waals surface area contributed by atoms with Crippen molar-refractivity contribution in [1.82, 2.24) is 5.32 Å². The van der Waals surface area contributed by atoms with Crippen molar-refractivity contribution >= 4 is 58.3 Å². The maximum atomic E-state index is 13.4. The molecule has 10 heteroatoms. The van der Waals surface area contributed by atoms with Crippen molar-refractivity contribution in [3.8, 4) is 16.9 Å². The van der Waals surface area contributed by atoms with Gasteiger partial charge in [-0.15, -0.1) is 0 Å². The van der Waals surface area contributed by atoms with E-state index in [4.69, 9.17) is 56.2 Å². The number of methoxy groups -OCH3 is 1. The van der Waals surface area contributed by atoms with Crippen molar-refractivity contribution in [2.24, 2.45) is 0 Å². The Kier molecular flexibility index (Phi) is 10.9. The molecular formula is C26H24Cl4FNO4. The van der Waals surface area contributed by atoms with Crippen LogP contribution in [-0.4, -0.2) is 30.6 Å². The van der Waals surface area contributed by atoms with Gasteiger partial charge in [-0.3, -0.25) is 9.59 Å².